The Bertz CT molecular complexity index is 613. The zero-order valence-corrected chi connectivity index (χ0v) is 17.0. The maximum atomic E-state index is 12.4. The summed E-state index contributed by atoms with van der Waals surface area (Å²) < 4.78 is 5.18. The van der Waals surface area contributed by atoms with Crippen molar-refractivity contribution in [2.45, 2.75) is 45.8 Å². The van der Waals surface area contributed by atoms with Crippen LogP contribution in [0.15, 0.2) is 30.3 Å². The van der Waals surface area contributed by atoms with Crippen molar-refractivity contribution in [1.82, 2.24) is 15.1 Å². The lowest BCUT2D eigenvalue weighted by Gasteiger charge is -2.35. The standard InChI is InChI=1S/C21H33N3O3/c1-21(2,3)27-20(26)22-13-19(25)24-12-8-11-18(16-24)15-23(4)14-17-9-6-5-7-10-17/h5-7,9-10,18H,8,11-16H2,1-4H3,(H,22,26)/t18-/m1/s1. The molecule has 0 unspecified atom stereocenters. The molecule has 0 aliphatic carbocycles. The van der Waals surface area contributed by atoms with Gasteiger partial charge in [-0.05, 0) is 52.1 Å². The van der Waals surface area contributed by atoms with E-state index in [1.807, 2.05) is 11.0 Å². The van der Waals surface area contributed by atoms with Crippen LogP contribution in [0.3, 0.4) is 0 Å². The fraction of sp³-hybridized carbons (Fsp3) is 0.619. The quantitative estimate of drug-likeness (QED) is 0.830. The number of carbonyl (C=O) groups is 2. The van der Waals surface area contributed by atoms with Crippen LogP contribution in [-0.2, 0) is 16.1 Å². The number of amides is 2. The molecule has 6 nitrogen and oxygen atoms in total. The number of hydrogen-bond donors (Lipinski definition) is 1. The second-order valence-corrected chi connectivity index (χ2v) is 8.39. The number of piperidine rings is 1. The Balaban J connectivity index is 1.75. The summed E-state index contributed by atoms with van der Waals surface area (Å²) in [4.78, 5) is 28.3. The molecule has 1 aromatic carbocycles. The molecular formula is C21H33N3O3. The highest BCUT2D eigenvalue weighted by molar-refractivity contribution is 5.82. The molecule has 1 N–H and O–H groups in total. The van der Waals surface area contributed by atoms with Crippen LogP contribution in [-0.4, -0.2) is 60.6 Å². The SMILES string of the molecule is CN(Cc1ccccc1)C[C@H]1CCCN(C(=O)CNC(=O)OC(C)(C)C)C1. The average molecular weight is 376 g/mol. The first kappa shape index (κ1) is 21.2. The topological polar surface area (TPSA) is 61.9 Å². The molecule has 0 aromatic heterocycles. The van der Waals surface area contributed by atoms with Crippen LogP contribution < -0.4 is 5.32 Å². The number of likely N-dealkylation sites (tertiary alicyclic amines) is 1. The van der Waals surface area contributed by atoms with E-state index in [0.29, 0.717) is 5.92 Å². The van der Waals surface area contributed by atoms with Crippen LogP contribution in [0.1, 0.15) is 39.2 Å². The van der Waals surface area contributed by atoms with E-state index in [1.54, 1.807) is 20.8 Å². The molecular weight excluding hydrogens is 342 g/mol. The molecule has 1 aromatic rings. The van der Waals surface area contributed by atoms with Crippen LogP contribution in [0.25, 0.3) is 0 Å². The lowest BCUT2D eigenvalue weighted by atomic mass is 9.97. The fourth-order valence-electron chi connectivity index (χ4n) is 3.41. The van der Waals surface area contributed by atoms with Crippen molar-refractivity contribution >= 4 is 12.0 Å². The highest BCUT2D eigenvalue weighted by atomic mass is 16.6. The molecule has 2 amide bonds. The van der Waals surface area contributed by atoms with Crippen LogP contribution in [0.2, 0.25) is 0 Å². The summed E-state index contributed by atoms with van der Waals surface area (Å²) in [5.41, 5.74) is 0.734. The van der Waals surface area contributed by atoms with Crippen molar-refractivity contribution in [3.05, 3.63) is 35.9 Å². The minimum atomic E-state index is -0.563. The molecule has 2 rings (SSSR count). The number of benzene rings is 1. The van der Waals surface area contributed by atoms with E-state index in [4.69, 9.17) is 4.74 Å². The first-order valence-corrected chi connectivity index (χ1v) is 9.70. The van der Waals surface area contributed by atoms with Gasteiger partial charge in [-0.1, -0.05) is 30.3 Å². The number of rotatable bonds is 6. The smallest absolute Gasteiger partial charge is 0.408 e. The lowest BCUT2D eigenvalue weighted by molar-refractivity contribution is -0.132. The van der Waals surface area contributed by atoms with E-state index in [2.05, 4.69) is 41.5 Å². The molecule has 0 spiro atoms. The van der Waals surface area contributed by atoms with Gasteiger partial charge in [-0.3, -0.25) is 4.79 Å². The van der Waals surface area contributed by atoms with Crippen LogP contribution >= 0.6 is 0 Å². The van der Waals surface area contributed by atoms with Gasteiger partial charge in [-0.25, -0.2) is 4.79 Å². The van der Waals surface area contributed by atoms with E-state index in [0.717, 1.165) is 39.0 Å². The predicted molar refractivity (Wildman–Crippen MR) is 106 cm³/mol. The first-order chi connectivity index (χ1) is 12.7. The van der Waals surface area contributed by atoms with Crippen LogP contribution in [0.5, 0.6) is 0 Å². The molecule has 1 fully saturated rings. The third-order valence-electron chi connectivity index (χ3n) is 4.52. The summed E-state index contributed by atoms with van der Waals surface area (Å²) in [5.74, 6) is 0.411. The summed E-state index contributed by atoms with van der Waals surface area (Å²) in [6.45, 7) is 8.76. The molecule has 0 bridgehead atoms. The second kappa shape index (κ2) is 9.74. The Morgan fingerprint density at radius 1 is 1.26 bits per heavy atom. The van der Waals surface area contributed by atoms with Crippen molar-refractivity contribution in [3.8, 4) is 0 Å². The summed E-state index contributed by atoms with van der Waals surface area (Å²) in [5, 5.41) is 2.56. The lowest BCUT2D eigenvalue weighted by Crippen LogP contribution is -2.47. The molecule has 1 saturated heterocycles. The van der Waals surface area contributed by atoms with E-state index >= 15 is 0 Å². The third kappa shape index (κ3) is 7.99. The van der Waals surface area contributed by atoms with Crippen molar-refractivity contribution in [1.29, 1.82) is 0 Å². The largest absolute Gasteiger partial charge is 0.444 e. The van der Waals surface area contributed by atoms with Crippen molar-refractivity contribution in [2.24, 2.45) is 5.92 Å². The van der Waals surface area contributed by atoms with E-state index in [-0.39, 0.29) is 12.5 Å². The van der Waals surface area contributed by atoms with E-state index in [9.17, 15) is 9.59 Å². The Morgan fingerprint density at radius 2 is 1.96 bits per heavy atom. The molecule has 6 heteroatoms. The molecule has 27 heavy (non-hydrogen) atoms. The maximum absolute atomic E-state index is 12.4. The minimum Gasteiger partial charge on any atom is -0.444 e. The zero-order valence-electron chi connectivity index (χ0n) is 17.0. The van der Waals surface area contributed by atoms with Gasteiger partial charge in [0.15, 0.2) is 0 Å². The predicted octanol–water partition coefficient (Wildman–Crippen LogP) is 2.88. The molecule has 1 heterocycles. The number of nitrogens with one attached hydrogen (secondary N) is 1. The van der Waals surface area contributed by atoms with Gasteiger partial charge in [-0.15, -0.1) is 0 Å². The summed E-state index contributed by atoms with van der Waals surface area (Å²) in [7, 11) is 2.12. The minimum absolute atomic E-state index is 0.0124. The fourth-order valence-corrected chi connectivity index (χ4v) is 3.41. The Hall–Kier alpha value is -2.08. The number of nitrogens with zero attached hydrogens (tertiary/aromatic N) is 2. The average Bonchev–Trinajstić information content (AvgIpc) is 2.59. The van der Waals surface area contributed by atoms with Gasteiger partial charge in [0.05, 0.1) is 0 Å². The molecule has 0 radical (unpaired) electrons. The Labute approximate surface area is 162 Å². The molecule has 1 aliphatic rings. The van der Waals surface area contributed by atoms with Crippen LogP contribution in [0.4, 0.5) is 4.79 Å². The van der Waals surface area contributed by atoms with E-state index < -0.39 is 11.7 Å². The summed E-state index contributed by atoms with van der Waals surface area (Å²) >= 11 is 0. The van der Waals surface area contributed by atoms with Crippen molar-refractivity contribution in [2.75, 3.05) is 33.2 Å². The van der Waals surface area contributed by atoms with Gasteiger partial charge >= 0.3 is 6.09 Å². The number of carbonyl (C=O) groups excluding carboxylic acids is 2. The number of alkyl carbamates (subject to hydrolysis) is 1. The van der Waals surface area contributed by atoms with Crippen molar-refractivity contribution < 1.29 is 14.3 Å². The normalized spacial score (nSPS) is 17.7. The van der Waals surface area contributed by atoms with E-state index in [1.165, 1.54) is 5.56 Å². The van der Waals surface area contributed by atoms with Gasteiger partial charge in [0.2, 0.25) is 5.91 Å². The first-order valence-electron chi connectivity index (χ1n) is 9.70. The Morgan fingerprint density at radius 3 is 2.63 bits per heavy atom. The molecule has 150 valence electrons. The highest BCUT2D eigenvalue weighted by Gasteiger charge is 2.25. The van der Waals surface area contributed by atoms with Gasteiger partial charge in [0.25, 0.3) is 0 Å². The zero-order chi connectivity index (χ0) is 19.9. The third-order valence-corrected chi connectivity index (χ3v) is 4.52. The number of hydrogen-bond acceptors (Lipinski definition) is 4. The highest BCUT2D eigenvalue weighted by Crippen LogP contribution is 2.18. The van der Waals surface area contributed by atoms with Gasteiger partial charge < -0.3 is 19.9 Å². The molecule has 0 saturated carbocycles. The summed E-state index contributed by atoms with van der Waals surface area (Å²) in [6, 6.07) is 10.4. The second-order valence-electron chi connectivity index (χ2n) is 8.39. The molecule has 1 atom stereocenters. The van der Waals surface area contributed by atoms with Crippen molar-refractivity contribution in [3.63, 3.8) is 0 Å². The van der Waals surface area contributed by atoms with Gasteiger partial charge in [0, 0.05) is 26.2 Å². The van der Waals surface area contributed by atoms with Crippen LogP contribution in [0, 0.1) is 5.92 Å². The summed E-state index contributed by atoms with van der Waals surface area (Å²) in [6.07, 6.45) is 1.58. The van der Waals surface area contributed by atoms with Gasteiger partial charge in [0.1, 0.15) is 12.1 Å². The van der Waals surface area contributed by atoms with Gasteiger partial charge in [-0.2, -0.15) is 0 Å². The molecule has 1 aliphatic heterocycles. The monoisotopic (exact) mass is 375 g/mol. The number of ether oxygens (including phenoxy) is 1. The Kier molecular flexibility index (Phi) is 7.66. The maximum Gasteiger partial charge on any atom is 0.408 e.